The minimum absolute atomic E-state index is 0.0690. The minimum Gasteiger partial charge on any atom is -0.493 e. The van der Waals surface area contributed by atoms with Crippen LogP contribution < -0.4 is 29.6 Å². The maximum Gasteiger partial charge on any atom is 0.387 e. The van der Waals surface area contributed by atoms with E-state index in [2.05, 4.69) is 10.1 Å². The first-order valence-corrected chi connectivity index (χ1v) is 9.62. The summed E-state index contributed by atoms with van der Waals surface area (Å²) in [6, 6.07) is 9.65. The van der Waals surface area contributed by atoms with Gasteiger partial charge in [-0.15, -0.1) is 0 Å². The summed E-state index contributed by atoms with van der Waals surface area (Å²) in [5.41, 5.74) is -0.0690. The Balaban J connectivity index is 1.41. The van der Waals surface area contributed by atoms with Gasteiger partial charge in [0.25, 0.3) is 5.91 Å². The Bertz CT molecular complexity index is 1020. The fourth-order valence-corrected chi connectivity index (χ4v) is 2.78. The zero-order valence-corrected chi connectivity index (χ0v) is 17.3. The summed E-state index contributed by atoms with van der Waals surface area (Å²) >= 11 is 0. The third-order valence-corrected chi connectivity index (χ3v) is 4.26. The van der Waals surface area contributed by atoms with Gasteiger partial charge in [-0.1, -0.05) is 12.1 Å². The summed E-state index contributed by atoms with van der Waals surface area (Å²) in [5.74, 6) is -1.05. The second-order valence-corrected chi connectivity index (χ2v) is 6.58. The Morgan fingerprint density at radius 3 is 2.61 bits per heavy atom. The zero-order chi connectivity index (χ0) is 23.8. The number of urea groups is 1. The molecule has 0 radical (unpaired) electrons. The fourth-order valence-electron chi connectivity index (χ4n) is 2.78. The topological polar surface area (TPSA) is 121 Å². The number of hydrogen-bond acceptors (Lipinski definition) is 8. The van der Waals surface area contributed by atoms with E-state index in [0.29, 0.717) is 11.5 Å². The number of hydrogen-bond donors (Lipinski definition) is 2. The number of amides is 3. The van der Waals surface area contributed by atoms with Gasteiger partial charge in [0.2, 0.25) is 0 Å². The van der Waals surface area contributed by atoms with Gasteiger partial charge in [-0.3, -0.25) is 10.1 Å². The lowest BCUT2D eigenvalue weighted by Crippen LogP contribution is -2.46. The fraction of sp³-hybridized carbons (Fsp3) is 0.286. The molecule has 1 heterocycles. The number of carbonyl (C=O) groups is 3. The predicted molar refractivity (Wildman–Crippen MR) is 108 cm³/mol. The van der Waals surface area contributed by atoms with Crippen molar-refractivity contribution in [2.45, 2.75) is 12.7 Å². The molecule has 1 atom stereocenters. The molecular weight excluding hydrogens is 446 g/mol. The molecule has 1 aliphatic rings. The van der Waals surface area contributed by atoms with E-state index in [1.54, 1.807) is 24.3 Å². The molecule has 1 unspecified atom stereocenters. The number of para-hydroxylation sites is 2. The number of esters is 1. The van der Waals surface area contributed by atoms with Gasteiger partial charge >= 0.3 is 18.6 Å². The van der Waals surface area contributed by atoms with Crippen molar-refractivity contribution >= 4 is 17.9 Å². The first-order valence-electron chi connectivity index (χ1n) is 9.62. The second-order valence-electron chi connectivity index (χ2n) is 6.58. The van der Waals surface area contributed by atoms with Gasteiger partial charge in [0.1, 0.15) is 6.61 Å². The van der Waals surface area contributed by atoms with Crippen molar-refractivity contribution in [2.75, 3.05) is 26.9 Å². The van der Waals surface area contributed by atoms with Crippen LogP contribution in [0.25, 0.3) is 0 Å². The smallest absolute Gasteiger partial charge is 0.387 e. The molecule has 2 N–H and O–H groups in total. The van der Waals surface area contributed by atoms with Crippen molar-refractivity contribution < 1.29 is 46.8 Å². The van der Waals surface area contributed by atoms with Gasteiger partial charge in [-0.25, -0.2) is 9.59 Å². The quantitative estimate of drug-likeness (QED) is 0.568. The van der Waals surface area contributed by atoms with Gasteiger partial charge in [0, 0.05) is 0 Å². The summed E-state index contributed by atoms with van der Waals surface area (Å²) in [6.45, 7) is -3.53. The van der Waals surface area contributed by atoms with E-state index < -0.39 is 37.2 Å². The van der Waals surface area contributed by atoms with E-state index in [-0.39, 0.29) is 30.2 Å². The van der Waals surface area contributed by atoms with Crippen LogP contribution in [0.2, 0.25) is 0 Å². The lowest BCUT2D eigenvalue weighted by atomic mass is 10.2. The molecule has 3 rings (SSSR count). The lowest BCUT2D eigenvalue weighted by Gasteiger charge is -2.26. The highest BCUT2D eigenvalue weighted by atomic mass is 19.3. The highest BCUT2D eigenvalue weighted by Crippen LogP contribution is 2.31. The molecule has 3 amide bonds. The maximum atomic E-state index is 12.4. The first kappa shape index (κ1) is 23.6. The van der Waals surface area contributed by atoms with Crippen molar-refractivity contribution in [3.05, 3.63) is 48.0 Å². The molecule has 2 aromatic carbocycles. The Labute approximate surface area is 186 Å². The van der Waals surface area contributed by atoms with E-state index in [1.807, 2.05) is 5.32 Å². The van der Waals surface area contributed by atoms with Crippen LogP contribution in [0, 0.1) is 0 Å². The summed E-state index contributed by atoms with van der Waals surface area (Å²) in [7, 11) is 1.21. The molecule has 2 aromatic rings. The van der Waals surface area contributed by atoms with E-state index in [4.69, 9.17) is 18.9 Å². The number of ether oxygens (including phenoxy) is 5. The average Bonchev–Trinajstić information content (AvgIpc) is 2.81. The van der Waals surface area contributed by atoms with Crippen LogP contribution in [-0.2, 0) is 9.53 Å². The van der Waals surface area contributed by atoms with Crippen LogP contribution in [0.15, 0.2) is 42.5 Å². The molecule has 12 heteroatoms. The van der Waals surface area contributed by atoms with E-state index in [0.717, 1.165) is 18.2 Å². The Kier molecular flexibility index (Phi) is 7.84. The summed E-state index contributed by atoms with van der Waals surface area (Å²) < 4.78 is 49.9. The number of halogens is 2. The number of carbonyl (C=O) groups excluding carboxylic acids is 3. The molecule has 0 fully saturated rings. The van der Waals surface area contributed by atoms with Gasteiger partial charge in [0.05, 0.1) is 19.2 Å². The zero-order valence-electron chi connectivity index (χ0n) is 17.3. The van der Waals surface area contributed by atoms with Gasteiger partial charge in [0.15, 0.2) is 35.7 Å². The Hall–Kier alpha value is -4.09. The molecule has 0 saturated heterocycles. The van der Waals surface area contributed by atoms with Crippen LogP contribution >= 0.6 is 0 Å². The number of imide groups is 1. The number of nitrogens with one attached hydrogen (secondary N) is 2. The average molecular weight is 466 g/mol. The number of rotatable bonds is 8. The highest BCUT2D eigenvalue weighted by Gasteiger charge is 2.22. The van der Waals surface area contributed by atoms with Crippen LogP contribution in [0.5, 0.6) is 23.0 Å². The monoisotopic (exact) mass is 466 g/mol. The molecule has 0 saturated carbocycles. The third kappa shape index (κ3) is 6.69. The molecule has 10 nitrogen and oxygen atoms in total. The summed E-state index contributed by atoms with van der Waals surface area (Å²) in [4.78, 5) is 35.9. The van der Waals surface area contributed by atoms with Crippen LogP contribution in [0.1, 0.15) is 10.4 Å². The largest absolute Gasteiger partial charge is 0.493 e. The van der Waals surface area contributed by atoms with Gasteiger partial charge in [-0.05, 0) is 30.3 Å². The van der Waals surface area contributed by atoms with Crippen molar-refractivity contribution in [1.29, 1.82) is 0 Å². The number of benzene rings is 2. The number of methoxy groups -OCH3 is 1. The van der Waals surface area contributed by atoms with Crippen molar-refractivity contribution in [3.8, 4) is 23.0 Å². The van der Waals surface area contributed by atoms with Gasteiger partial charge in [-0.2, -0.15) is 8.78 Å². The lowest BCUT2D eigenvalue weighted by molar-refractivity contribution is -0.123. The molecular formula is C21H20F2N2O8. The number of alkyl halides is 2. The minimum atomic E-state index is -3.07. The van der Waals surface area contributed by atoms with Crippen molar-refractivity contribution in [3.63, 3.8) is 0 Å². The maximum absolute atomic E-state index is 12.4. The second kappa shape index (κ2) is 11.0. The van der Waals surface area contributed by atoms with Crippen LogP contribution in [0.4, 0.5) is 13.6 Å². The van der Waals surface area contributed by atoms with E-state index >= 15 is 0 Å². The molecule has 0 spiro atoms. The van der Waals surface area contributed by atoms with E-state index in [1.165, 1.54) is 7.11 Å². The van der Waals surface area contributed by atoms with Crippen LogP contribution in [-0.4, -0.2) is 57.5 Å². The Morgan fingerprint density at radius 1 is 1.12 bits per heavy atom. The molecule has 176 valence electrons. The standard InChI is InChI=1S/C21H20F2N2O8/c1-29-17-8-12(6-7-16(17)33-20(22)23)19(27)31-11-18(26)25-21(28)24-9-13-10-30-14-4-2-3-5-15(14)32-13/h2-8,13,20H,9-11H2,1H3,(H2,24,25,26,28). The SMILES string of the molecule is COc1cc(C(=O)OCC(=O)NC(=O)NCC2COc3ccccc3O2)ccc1OC(F)F. The number of fused-ring (bicyclic) bond motifs is 1. The van der Waals surface area contributed by atoms with Crippen molar-refractivity contribution in [1.82, 2.24) is 10.6 Å². The third-order valence-electron chi connectivity index (χ3n) is 4.26. The molecule has 0 bridgehead atoms. The van der Waals surface area contributed by atoms with Crippen molar-refractivity contribution in [2.24, 2.45) is 0 Å². The normalized spacial score (nSPS) is 14.2. The van der Waals surface area contributed by atoms with Crippen LogP contribution in [0.3, 0.4) is 0 Å². The predicted octanol–water partition coefficient (Wildman–Crippen LogP) is 2.12. The summed E-state index contributed by atoms with van der Waals surface area (Å²) in [5, 5.41) is 4.47. The molecule has 0 aliphatic carbocycles. The Morgan fingerprint density at radius 2 is 1.88 bits per heavy atom. The highest BCUT2D eigenvalue weighted by molar-refractivity contribution is 5.97. The summed E-state index contributed by atoms with van der Waals surface area (Å²) in [6.07, 6.45) is -0.453. The molecule has 33 heavy (non-hydrogen) atoms. The molecule has 0 aromatic heterocycles. The first-order chi connectivity index (χ1) is 15.9. The molecule has 1 aliphatic heterocycles. The van der Waals surface area contributed by atoms with E-state index in [9.17, 15) is 23.2 Å². The van der Waals surface area contributed by atoms with Gasteiger partial charge < -0.3 is 29.0 Å².